The Balaban J connectivity index is 1.86. The number of anilines is 1. The molecule has 5 N–H and O–H groups in total. The molecule has 160 valence electrons. The number of nitrogens with one attached hydrogen (secondary N) is 2. The zero-order chi connectivity index (χ0) is 21.9. The van der Waals surface area contributed by atoms with Crippen molar-refractivity contribution in [3.05, 3.63) is 64.2 Å². The number of carbonyl (C=O) groups excluding carboxylic acids is 1. The molecule has 2 amide bonds. The van der Waals surface area contributed by atoms with Gasteiger partial charge in [0.05, 0.1) is 4.92 Å². The van der Waals surface area contributed by atoms with Crippen LogP contribution in [0.15, 0.2) is 48.5 Å². The van der Waals surface area contributed by atoms with Crippen molar-refractivity contribution >= 4 is 23.4 Å². The highest BCUT2D eigenvalue weighted by Gasteiger charge is 2.19. The van der Waals surface area contributed by atoms with Crippen LogP contribution in [0.4, 0.5) is 16.2 Å². The second-order valence-electron chi connectivity index (χ2n) is 6.51. The normalized spacial score (nSPS) is 11.4. The minimum atomic E-state index is -1.10. The zero-order valence-electron chi connectivity index (χ0n) is 16.2. The van der Waals surface area contributed by atoms with Crippen molar-refractivity contribution in [2.75, 3.05) is 11.9 Å². The van der Waals surface area contributed by atoms with Gasteiger partial charge in [-0.2, -0.15) is 0 Å². The number of unbranched alkanes of at least 4 members (excludes halogenated alkanes) is 1. The third-order valence-electron chi connectivity index (χ3n) is 4.19. The molecule has 1 atom stereocenters. The molecule has 2 aromatic rings. The number of nitro groups is 1. The third kappa shape index (κ3) is 7.40. The molecule has 30 heavy (non-hydrogen) atoms. The number of hydrogen-bond donors (Lipinski definition) is 4. The van der Waals surface area contributed by atoms with E-state index in [4.69, 9.17) is 10.5 Å². The predicted octanol–water partition coefficient (Wildman–Crippen LogP) is 2.88. The zero-order valence-corrected chi connectivity index (χ0v) is 16.2. The molecule has 0 saturated heterocycles. The number of urea groups is 1. The Hall–Kier alpha value is -3.66. The van der Waals surface area contributed by atoms with Crippen LogP contribution in [0.3, 0.4) is 0 Å². The Morgan fingerprint density at radius 3 is 2.53 bits per heavy atom. The number of carbonyl (C=O) groups is 2. The van der Waals surface area contributed by atoms with E-state index in [1.54, 1.807) is 36.4 Å². The molecule has 0 unspecified atom stereocenters. The molecule has 0 heterocycles. The average molecular weight is 416 g/mol. The van der Waals surface area contributed by atoms with Crippen molar-refractivity contribution in [3.63, 3.8) is 0 Å². The van der Waals surface area contributed by atoms with Gasteiger partial charge in [-0.3, -0.25) is 10.1 Å². The van der Waals surface area contributed by atoms with Crippen LogP contribution in [0.2, 0.25) is 0 Å². The summed E-state index contributed by atoms with van der Waals surface area (Å²) in [7, 11) is 0. The van der Waals surface area contributed by atoms with Gasteiger partial charge in [-0.25, -0.2) is 9.59 Å². The Bertz CT molecular complexity index is 872. The second-order valence-corrected chi connectivity index (χ2v) is 6.51. The molecule has 0 spiro atoms. The Kier molecular flexibility index (Phi) is 8.57. The fourth-order valence-corrected chi connectivity index (χ4v) is 2.64. The molecule has 0 radical (unpaired) electrons. The molecular weight excluding hydrogens is 392 g/mol. The third-order valence-corrected chi connectivity index (χ3v) is 4.19. The first kappa shape index (κ1) is 22.6. The van der Waals surface area contributed by atoms with Gasteiger partial charge in [0, 0.05) is 17.8 Å². The molecule has 0 aliphatic rings. The van der Waals surface area contributed by atoms with Crippen LogP contribution in [-0.4, -0.2) is 34.6 Å². The van der Waals surface area contributed by atoms with Crippen molar-refractivity contribution < 1.29 is 24.4 Å². The smallest absolute Gasteiger partial charge is 0.326 e. The summed E-state index contributed by atoms with van der Waals surface area (Å²) < 4.78 is 5.60. The topological polar surface area (TPSA) is 157 Å². The van der Waals surface area contributed by atoms with Crippen molar-refractivity contribution in [3.8, 4) is 5.75 Å². The van der Waals surface area contributed by atoms with Gasteiger partial charge in [0.2, 0.25) is 0 Å². The van der Waals surface area contributed by atoms with E-state index in [1.807, 2.05) is 0 Å². The summed E-state index contributed by atoms with van der Waals surface area (Å²) in [6.07, 6.45) is 1.58. The highest BCUT2D eigenvalue weighted by Crippen LogP contribution is 2.19. The predicted molar refractivity (Wildman–Crippen MR) is 110 cm³/mol. The lowest BCUT2D eigenvalue weighted by Crippen LogP contribution is -2.43. The first-order chi connectivity index (χ1) is 14.4. The largest absolute Gasteiger partial charge is 0.489 e. The number of benzene rings is 2. The molecular formula is C20H24N4O6. The Morgan fingerprint density at radius 2 is 1.90 bits per heavy atom. The number of nitro benzene ring substituents is 1. The van der Waals surface area contributed by atoms with E-state index in [1.165, 1.54) is 12.1 Å². The van der Waals surface area contributed by atoms with Crippen molar-refractivity contribution in [2.45, 2.75) is 31.9 Å². The highest BCUT2D eigenvalue weighted by atomic mass is 16.6. The lowest BCUT2D eigenvalue weighted by molar-refractivity contribution is -0.384. The molecule has 0 bridgehead atoms. The van der Waals surface area contributed by atoms with Crippen LogP contribution < -0.4 is 21.1 Å². The fourth-order valence-electron chi connectivity index (χ4n) is 2.64. The summed E-state index contributed by atoms with van der Waals surface area (Å²) in [5, 5.41) is 25.0. The lowest BCUT2D eigenvalue weighted by Gasteiger charge is -2.15. The standard InChI is InChI=1S/C20H24N4O6/c21-11-2-1-6-18(19(25)26)23-20(27)22-15-7-9-17(10-8-15)30-13-14-4-3-5-16(12-14)24(28)29/h3-5,7-10,12,18H,1-2,6,11,13,21H2,(H,25,26)(H2,22,23,27)/t18-/m0/s1. The van der Waals surface area contributed by atoms with Gasteiger partial charge in [0.25, 0.3) is 5.69 Å². The number of nitrogens with two attached hydrogens (primary N) is 1. The summed E-state index contributed by atoms with van der Waals surface area (Å²) in [4.78, 5) is 33.6. The average Bonchev–Trinajstić information content (AvgIpc) is 2.72. The molecule has 2 rings (SSSR count). The second kappa shape index (κ2) is 11.4. The number of nitrogens with zero attached hydrogens (tertiary/aromatic N) is 1. The molecule has 10 heteroatoms. The Labute approximate surface area is 173 Å². The summed E-state index contributed by atoms with van der Waals surface area (Å²) in [5.41, 5.74) is 6.50. The Morgan fingerprint density at radius 1 is 1.17 bits per heavy atom. The minimum Gasteiger partial charge on any atom is -0.489 e. The molecule has 10 nitrogen and oxygen atoms in total. The first-order valence-electron chi connectivity index (χ1n) is 9.35. The van der Waals surface area contributed by atoms with E-state index in [9.17, 15) is 24.8 Å². The van der Waals surface area contributed by atoms with Gasteiger partial charge in [0.15, 0.2) is 0 Å². The van der Waals surface area contributed by atoms with Crippen LogP contribution in [0.5, 0.6) is 5.75 Å². The van der Waals surface area contributed by atoms with Gasteiger partial charge >= 0.3 is 12.0 Å². The molecule has 0 aromatic heterocycles. The maximum Gasteiger partial charge on any atom is 0.326 e. The van der Waals surface area contributed by atoms with Crippen LogP contribution in [0.1, 0.15) is 24.8 Å². The van der Waals surface area contributed by atoms with E-state index < -0.39 is 23.0 Å². The number of ether oxygens (including phenoxy) is 1. The summed E-state index contributed by atoms with van der Waals surface area (Å²) in [6, 6.07) is 11.0. The van der Waals surface area contributed by atoms with Crippen LogP contribution in [0, 0.1) is 10.1 Å². The van der Waals surface area contributed by atoms with Gasteiger partial charge in [-0.1, -0.05) is 12.1 Å². The number of carboxylic acids is 1. The number of hydrogen-bond acceptors (Lipinski definition) is 6. The van der Waals surface area contributed by atoms with Gasteiger partial charge in [0.1, 0.15) is 18.4 Å². The molecule has 0 fully saturated rings. The van der Waals surface area contributed by atoms with E-state index >= 15 is 0 Å². The van der Waals surface area contributed by atoms with Crippen LogP contribution in [-0.2, 0) is 11.4 Å². The number of amides is 2. The SMILES string of the molecule is NCCCC[C@H](NC(=O)Nc1ccc(OCc2cccc([N+](=O)[O-])c2)cc1)C(=O)O. The van der Waals surface area contributed by atoms with Gasteiger partial charge < -0.3 is 26.2 Å². The monoisotopic (exact) mass is 416 g/mol. The van der Waals surface area contributed by atoms with E-state index in [0.29, 0.717) is 42.8 Å². The summed E-state index contributed by atoms with van der Waals surface area (Å²) >= 11 is 0. The number of carboxylic acid groups (broad SMARTS) is 1. The van der Waals surface area contributed by atoms with Crippen molar-refractivity contribution in [2.24, 2.45) is 5.73 Å². The van der Waals surface area contributed by atoms with Crippen molar-refractivity contribution in [1.82, 2.24) is 5.32 Å². The van der Waals surface area contributed by atoms with Gasteiger partial charge in [-0.05, 0) is 55.6 Å². The lowest BCUT2D eigenvalue weighted by atomic mass is 10.1. The van der Waals surface area contributed by atoms with Gasteiger partial charge in [-0.15, -0.1) is 0 Å². The number of aliphatic carboxylic acids is 1. The quantitative estimate of drug-likeness (QED) is 0.249. The molecule has 0 aliphatic carbocycles. The molecule has 0 aliphatic heterocycles. The summed E-state index contributed by atoms with van der Waals surface area (Å²) in [6.45, 7) is 0.617. The maximum absolute atomic E-state index is 12.0. The number of non-ortho nitro benzene ring substituents is 1. The van der Waals surface area contributed by atoms with E-state index in [2.05, 4.69) is 10.6 Å². The van der Waals surface area contributed by atoms with Crippen LogP contribution >= 0.6 is 0 Å². The van der Waals surface area contributed by atoms with Crippen molar-refractivity contribution in [1.29, 1.82) is 0 Å². The first-order valence-corrected chi connectivity index (χ1v) is 9.35. The van der Waals surface area contributed by atoms with E-state index in [0.717, 1.165) is 0 Å². The van der Waals surface area contributed by atoms with E-state index in [-0.39, 0.29) is 12.3 Å². The maximum atomic E-state index is 12.0. The molecule has 2 aromatic carbocycles. The summed E-state index contributed by atoms with van der Waals surface area (Å²) in [5.74, 6) is -0.593. The minimum absolute atomic E-state index is 0.00986. The van der Waals surface area contributed by atoms with Crippen LogP contribution in [0.25, 0.3) is 0 Å². The highest BCUT2D eigenvalue weighted by molar-refractivity contribution is 5.92. The fraction of sp³-hybridized carbons (Fsp3) is 0.300. The number of rotatable bonds is 11. The molecule has 0 saturated carbocycles.